The Bertz CT molecular complexity index is 572. The summed E-state index contributed by atoms with van der Waals surface area (Å²) in [4.78, 5) is 36.4. The average molecular weight is 319 g/mol. The van der Waals surface area contributed by atoms with Crippen LogP contribution in [0, 0.1) is 0 Å². The van der Waals surface area contributed by atoms with Gasteiger partial charge in [0, 0.05) is 44.2 Å². The predicted octanol–water partition coefficient (Wildman–Crippen LogP) is 2.62. The van der Waals surface area contributed by atoms with Crippen molar-refractivity contribution in [1.82, 2.24) is 4.90 Å². The third-order valence-electron chi connectivity index (χ3n) is 3.57. The monoisotopic (exact) mass is 319 g/mol. The summed E-state index contributed by atoms with van der Waals surface area (Å²) in [5.41, 5.74) is 1.24. The molecule has 0 fully saturated rings. The third-order valence-corrected chi connectivity index (χ3v) is 3.57. The van der Waals surface area contributed by atoms with Gasteiger partial charge in [-0.2, -0.15) is 0 Å². The number of nitrogens with one attached hydrogen (secondary N) is 2. The Labute approximate surface area is 137 Å². The van der Waals surface area contributed by atoms with Crippen LogP contribution >= 0.6 is 0 Å². The molecule has 0 saturated carbocycles. The van der Waals surface area contributed by atoms with Gasteiger partial charge in [0.25, 0.3) is 0 Å². The second-order valence-electron chi connectivity index (χ2n) is 5.53. The lowest BCUT2D eigenvalue weighted by atomic mass is 10.2. The quantitative estimate of drug-likeness (QED) is 0.811. The van der Waals surface area contributed by atoms with Gasteiger partial charge in [-0.1, -0.05) is 13.0 Å². The molecule has 6 heteroatoms. The van der Waals surface area contributed by atoms with Crippen LogP contribution in [0.25, 0.3) is 0 Å². The number of carbonyl (C=O) groups excluding carboxylic acids is 3. The van der Waals surface area contributed by atoms with E-state index in [4.69, 9.17) is 0 Å². The van der Waals surface area contributed by atoms with Gasteiger partial charge < -0.3 is 15.5 Å². The van der Waals surface area contributed by atoms with Crippen LogP contribution in [0.15, 0.2) is 24.3 Å². The highest BCUT2D eigenvalue weighted by Crippen LogP contribution is 2.15. The van der Waals surface area contributed by atoms with Crippen molar-refractivity contribution < 1.29 is 14.4 Å². The zero-order valence-electron chi connectivity index (χ0n) is 14.2. The predicted molar refractivity (Wildman–Crippen MR) is 91.1 cm³/mol. The highest BCUT2D eigenvalue weighted by Gasteiger charge is 2.16. The second kappa shape index (κ2) is 8.92. The molecule has 0 bridgehead atoms. The molecule has 2 N–H and O–H groups in total. The van der Waals surface area contributed by atoms with Crippen LogP contribution < -0.4 is 10.6 Å². The molecule has 0 heterocycles. The van der Waals surface area contributed by atoms with E-state index >= 15 is 0 Å². The molecule has 1 atom stereocenters. The highest BCUT2D eigenvalue weighted by atomic mass is 16.2. The van der Waals surface area contributed by atoms with E-state index in [1.165, 1.54) is 13.8 Å². The Kier molecular flexibility index (Phi) is 7.25. The molecule has 126 valence electrons. The summed E-state index contributed by atoms with van der Waals surface area (Å²) in [5.74, 6) is -0.363. The third kappa shape index (κ3) is 6.50. The Morgan fingerprint density at radius 3 is 2.26 bits per heavy atom. The van der Waals surface area contributed by atoms with Crippen LogP contribution in [0.1, 0.15) is 40.5 Å². The molecule has 0 saturated heterocycles. The van der Waals surface area contributed by atoms with Gasteiger partial charge in [0.15, 0.2) is 0 Å². The average Bonchev–Trinajstić information content (AvgIpc) is 2.46. The lowest BCUT2D eigenvalue weighted by Gasteiger charge is -2.27. The summed E-state index contributed by atoms with van der Waals surface area (Å²) in [7, 11) is 0. The maximum atomic E-state index is 12.0. The summed E-state index contributed by atoms with van der Waals surface area (Å²) < 4.78 is 0. The Morgan fingerprint density at radius 1 is 1.13 bits per heavy atom. The van der Waals surface area contributed by atoms with Gasteiger partial charge in [0.05, 0.1) is 0 Å². The van der Waals surface area contributed by atoms with Crippen molar-refractivity contribution in [1.29, 1.82) is 0 Å². The minimum atomic E-state index is -0.167. The van der Waals surface area contributed by atoms with Gasteiger partial charge in [-0.15, -0.1) is 0 Å². The zero-order chi connectivity index (χ0) is 17.4. The van der Waals surface area contributed by atoms with Crippen LogP contribution in [-0.4, -0.2) is 35.2 Å². The van der Waals surface area contributed by atoms with Crippen molar-refractivity contribution in [3.05, 3.63) is 24.3 Å². The highest BCUT2D eigenvalue weighted by molar-refractivity contribution is 5.93. The SMILES string of the molecule is CCC(C)N(CCC(=O)Nc1cccc(NC(C)=O)c1)C(C)=O. The molecule has 3 amide bonds. The molecule has 6 nitrogen and oxygen atoms in total. The van der Waals surface area contributed by atoms with Gasteiger partial charge in [-0.3, -0.25) is 14.4 Å². The number of hydrogen-bond donors (Lipinski definition) is 2. The summed E-state index contributed by atoms with van der Waals surface area (Å²) >= 11 is 0. The fourth-order valence-corrected chi connectivity index (χ4v) is 2.23. The molecular formula is C17H25N3O3. The van der Waals surface area contributed by atoms with Crippen LogP contribution in [0.4, 0.5) is 11.4 Å². The van der Waals surface area contributed by atoms with Crippen LogP contribution in [0.2, 0.25) is 0 Å². The Morgan fingerprint density at radius 2 is 1.74 bits per heavy atom. The van der Waals surface area contributed by atoms with Crippen molar-refractivity contribution in [2.75, 3.05) is 17.2 Å². The van der Waals surface area contributed by atoms with Crippen molar-refractivity contribution >= 4 is 29.1 Å². The van der Waals surface area contributed by atoms with Gasteiger partial charge in [0.2, 0.25) is 17.7 Å². The molecule has 0 aliphatic heterocycles. The first kappa shape index (κ1) is 18.7. The molecule has 23 heavy (non-hydrogen) atoms. The van der Waals surface area contributed by atoms with E-state index in [1.807, 2.05) is 13.8 Å². The number of benzene rings is 1. The maximum absolute atomic E-state index is 12.0. The Balaban J connectivity index is 2.59. The number of hydrogen-bond acceptors (Lipinski definition) is 3. The van der Waals surface area contributed by atoms with Crippen molar-refractivity contribution in [3.8, 4) is 0 Å². The van der Waals surface area contributed by atoms with E-state index in [0.717, 1.165) is 6.42 Å². The molecule has 1 aromatic carbocycles. The molecule has 0 radical (unpaired) electrons. The molecule has 1 rings (SSSR count). The number of amides is 3. The van der Waals surface area contributed by atoms with E-state index in [-0.39, 0.29) is 30.2 Å². The number of rotatable bonds is 7. The van der Waals surface area contributed by atoms with E-state index in [2.05, 4.69) is 10.6 Å². The van der Waals surface area contributed by atoms with Crippen LogP contribution in [0.5, 0.6) is 0 Å². The molecule has 0 aromatic heterocycles. The van der Waals surface area contributed by atoms with Crippen molar-refractivity contribution in [2.45, 2.75) is 46.6 Å². The summed E-state index contributed by atoms with van der Waals surface area (Å²) in [6.45, 7) is 7.31. The van der Waals surface area contributed by atoms with E-state index in [0.29, 0.717) is 17.9 Å². The van der Waals surface area contributed by atoms with E-state index in [1.54, 1.807) is 29.2 Å². The normalized spacial score (nSPS) is 11.5. The van der Waals surface area contributed by atoms with Crippen molar-refractivity contribution in [2.24, 2.45) is 0 Å². The summed E-state index contributed by atoms with van der Waals surface area (Å²) in [5, 5.41) is 5.44. The number of nitrogens with zero attached hydrogens (tertiary/aromatic N) is 1. The zero-order valence-corrected chi connectivity index (χ0v) is 14.2. The summed E-state index contributed by atoms with van der Waals surface area (Å²) in [6, 6.07) is 7.06. The number of carbonyl (C=O) groups is 3. The van der Waals surface area contributed by atoms with Gasteiger partial charge in [-0.25, -0.2) is 0 Å². The van der Waals surface area contributed by atoms with E-state index < -0.39 is 0 Å². The Hall–Kier alpha value is -2.37. The maximum Gasteiger partial charge on any atom is 0.226 e. The first-order valence-corrected chi connectivity index (χ1v) is 7.78. The van der Waals surface area contributed by atoms with E-state index in [9.17, 15) is 14.4 Å². The van der Waals surface area contributed by atoms with Gasteiger partial charge in [-0.05, 0) is 31.5 Å². The summed E-state index contributed by atoms with van der Waals surface area (Å²) in [6.07, 6.45) is 1.08. The molecule has 0 aliphatic rings. The largest absolute Gasteiger partial charge is 0.340 e. The first-order valence-electron chi connectivity index (χ1n) is 7.78. The molecule has 1 aromatic rings. The van der Waals surface area contributed by atoms with Gasteiger partial charge >= 0.3 is 0 Å². The first-order chi connectivity index (χ1) is 10.8. The molecule has 0 aliphatic carbocycles. The smallest absolute Gasteiger partial charge is 0.226 e. The standard InChI is InChI=1S/C17H25N3O3/c1-5-12(2)20(14(4)22)10-9-17(23)19-16-8-6-7-15(11-16)18-13(3)21/h6-8,11-12H,5,9-10H2,1-4H3,(H,18,21)(H,19,23). The molecule has 1 unspecified atom stereocenters. The fraction of sp³-hybridized carbons (Fsp3) is 0.471. The lowest BCUT2D eigenvalue weighted by Crippen LogP contribution is -2.38. The number of anilines is 2. The van der Waals surface area contributed by atoms with Crippen molar-refractivity contribution in [3.63, 3.8) is 0 Å². The van der Waals surface area contributed by atoms with Crippen LogP contribution in [0.3, 0.4) is 0 Å². The minimum absolute atomic E-state index is 0.0280. The second-order valence-corrected chi connectivity index (χ2v) is 5.53. The lowest BCUT2D eigenvalue weighted by molar-refractivity contribution is -0.131. The molecule has 0 spiro atoms. The van der Waals surface area contributed by atoms with Gasteiger partial charge in [0.1, 0.15) is 0 Å². The topological polar surface area (TPSA) is 78.5 Å². The van der Waals surface area contributed by atoms with Crippen LogP contribution in [-0.2, 0) is 14.4 Å². The molecular weight excluding hydrogens is 294 g/mol. The fourth-order valence-electron chi connectivity index (χ4n) is 2.23. The minimum Gasteiger partial charge on any atom is -0.340 e.